The quantitative estimate of drug-likeness (QED) is 0.724. The molecule has 0 aliphatic carbocycles. The van der Waals surface area contributed by atoms with Gasteiger partial charge in [-0.05, 0) is 42.3 Å². The Bertz CT molecular complexity index is 1110. The summed E-state index contributed by atoms with van der Waals surface area (Å²) >= 11 is 0. The lowest BCUT2D eigenvalue weighted by atomic mass is 10.0. The first-order valence-corrected chi connectivity index (χ1v) is 8.35. The lowest BCUT2D eigenvalue weighted by molar-refractivity contribution is -0.116. The number of carbonyl (C=O) groups is 2. The van der Waals surface area contributed by atoms with E-state index >= 15 is 0 Å². The van der Waals surface area contributed by atoms with Crippen molar-refractivity contribution in [1.82, 2.24) is 9.78 Å². The second kappa shape index (κ2) is 6.84. The predicted molar refractivity (Wildman–Crippen MR) is 94.8 cm³/mol. The number of aromatic nitrogens is 2. The Hall–Kier alpha value is -3.62. The Balaban J connectivity index is 1.56. The molecule has 2 aromatic carbocycles. The molecule has 0 radical (unpaired) electrons. The minimum Gasteiger partial charge on any atom is -0.326 e. The molecule has 2 heterocycles. The Morgan fingerprint density at radius 3 is 2.68 bits per heavy atom. The number of aryl methyl sites for hydroxylation is 1. The summed E-state index contributed by atoms with van der Waals surface area (Å²) in [6, 6.07) is 6.90. The molecule has 28 heavy (non-hydrogen) atoms. The standard InChI is InChI=1S/C19H13F3N4O2/c20-11-2-3-17(13(22)8-11)26-6-5-14(25-26)19(28)24-16-7-10-1-4-18(27)23-15(10)9-12(16)21/h2-3,5-9H,1,4H2,(H,23,27)(H,24,28). The van der Waals surface area contributed by atoms with Crippen LogP contribution in [0.1, 0.15) is 22.5 Å². The molecule has 0 bridgehead atoms. The number of rotatable bonds is 3. The number of fused-ring (bicyclic) bond motifs is 1. The zero-order valence-electron chi connectivity index (χ0n) is 14.3. The van der Waals surface area contributed by atoms with Crippen LogP contribution in [0, 0.1) is 17.5 Å². The molecule has 3 aromatic rings. The average Bonchev–Trinajstić information content (AvgIpc) is 3.12. The van der Waals surface area contributed by atoms with Gasteiger partial charge in [-0.1, -0.05) is 0 Å². The lowest BCUT2D eigenvalue weighted by Crippen LogP contribution is -2.20. The van der Waals surface area contributed by atoms with E-state index in [1.807, 2.05) is 0 Å². The van der Waals surface area contributed by atoms with Crippen LogP contribution in [0.25, 0.3) is 5.69 Å². The third-order valence-electron chi connectivity index (χ3n) is 4.31. The van der Waals surface area contributed by atoms with Crippen LogP contribution in [0.3, 0.4) is 0 Å². The molecule has 1 aromatic heterocycles. The highest BCUT2D eigenvalue weighted by atomic mass is 19.1. The van der Waals surface area contributed by atoms with E-state index in [1.165, 1.54) is 24.4 Å². The van der Waals surface area contributed by atoms with Crippen molar-refractivity contribution in [2.24, 2.45) is 0 Å². The van der Waals surface area contributed by atoms with Crippen LogP contribution in [-0.2, 0) is 11.2 Å². The molecule has 4 rings (SSSR count). The predicted octanol–water partition coefficient (Wildman–Crippen LogP) is 3.43. The molecule has 2 N–H and O–H groups in total. The third kappa shape index (κ3) is 3.34. The van der Waals surface area contributed by atoms with Gasteiger partial charge in [0, 0.05) is 24.4 Å². The molecule has 2 amide bonds. The second-order valence-electron chi connectivity index (χ2n) is 6.23. The van der Waals surface area contributed by atoms with Crippen molar-refractivity contribution in [2.75, 3.05) is 10.6 Å². The maximum atomic E-state index is 14.3. The first kappa shape index (κ1) is 17.8. The minimum absolute atomic E-state index is 0.0313. The number of hydrogen-bond acceptors (Lipinski definition) is 3. The highest BCUT2D eigenvalue weighted by Gasteiger charge is 2.20. The van der Waals surface area contributed by atoms with Gasteiger partial charge < -0.3 is 10.6 Å². The van der Waals surface area contributed by atoms with Gasteiger partial charge in [-0.3, -0.25) is 9.59 Å². The van der Waals surface area contributed by atoms with E-state index in [-0.39, 0.29) is 29.4 Å². The average molecular weight is 386 g/mol. The summed E-state index contributed by atoms with van der Waals surface area (Å²) in [5, 5.41) is 8.95. The number of hydrogen-bond donors (Lipinski definition) is 2. The molecule has 1 aliphatic rings. The van der Waals surface area contributed by atoms with Gasteiger partial charge in [0.15, 0.2) is 11.5 Å². The maximum Gasteiger partial charge on any atom is 0.276 e. The Morgan fingerprint density at radius 2 is 1.89 bits per heavy atom. The zero-order valence-corrected chi connectivity index (χ0v) is 14.3. The molecule has 0 spiro atoms. The number of benzene rings is 2. The number of nitrogens with one attached hydrogen (secondary N) is 2. The van der Waals surface area contributed by atoms with Gasteiger partial charge >= 0.3 is 0 Å². The van der Waals surface area contributed by atoms with Crippen molar-refractivity contribution in [1.29, 1.82) is 0 Å². The second-order valence-corrected chi connectivity index (χ2v) is 6.23. The fourth-order valence-corrected chi connectivity index (χ4v) is 2.93. The van der Waals surface area contributed by atoms with Crippen molar-refractivity contribution >= 4 is 23.2 Å². The van der Waals surface area contributed by atoms with Gasteiger partial charge in [0.05, 0.1) is 5.69 Å². The summed E-state index contributed by atoms with van der Waals surface area (Å²) < 4.78 is 42.2. The van der Waals surface area contributed by atoms with E-state index in [2.05, 4.69) is 15.7 Å². The molecule has 0 atom stereocenters. The van der Waals surface area contributed by atoms with Crippen LogP contribution >= 0.6 is 0 Å². The fraction of sp³-hybridized carbons (Fsp3) is 0.105. The largest absolute Gasteiger partial charge is 0.326 e. The van der Waals surface area contributed by atoms with Crippen LogP contribution in [0.15, 0.2) is 42.6 Å². The number of nitrogens with zero attached hydrogens (tertiary/aromatic N) is 2. The first-order chi connectivity index (χ1) is 13.4. The number of amides is 2. The van der Waals surface area contributed by atoms with Gasteiger partial charge in [-0.25, -0.2) is 17.9 Å². The van der Waals surface area contributed by atoms with E-state index in [4.69, 9.17) is 0 Å². The van der Waals surface area contributed by atoms with Crippen molar-refractivity contribution in [3.05, 3.63) is 71.3 Å². The summed E-state index contributed by atoms with van der Waals surface area (Å²) in [6.07, 6.45) is 2.05. The molecular weight excluding hydrogens is 373 g/mol. The van der Waals surface area contributed by atoms with Crippen LogP contribution in [0.5, 0.6) is 0 Å². The fourth-order valence-electron chi connectivity index (χ4n) is 2.93. The Morgan fingerprint density at radius 1 is 1.07 bits per heavy atom. The molecule has 0 unspecified atom stereocenters. The molecule has 9 heteroatoms. The number of anilines is 2. The highest BCUT2D eigenvalue weighted by Crippen LogP contribution is 2.28. The van der Waals surface area contributed by atoms with Crippen LogP contribution in [-0.4, -0.2) is 21.6 Å². The molecule has 0 saturated carbocycles. The van der Waals surface area contributed by atoms with Gasteiger partial charge in [0.1, 0.15) is 17.3 Å². The van der Waals surface area contributed by atoms with Gasteiger partial charge in [0.2, 0.25) is 5.91 Å². The molecular formula is C19H13F3N4O2. The van der Waals surface area contributed by atoms with E-state index in [0.717, 1.165) is 16.8 Å². The van der Waals surface area contributed by atoms with Crippen molar-refractivity contribution < 1.29 is 22.8 Å². The summed E-state index contributed by atoms with van der Waals surface area (Å²) in [7, 11) is 0. The molecule has 0 saturated heterocycles. The van der Waals surface area contributed by atoms with E-state index < -0.39 is 23.4 Å². The summed E-state index contributed by atoms with van der Waals surface area (Å²) in [6.45, 7) is 0. The normalized spacial score (nSPS) is 13.0. The van der Waals surface area contributed by atoms with E-state index in [0.29, 0.717) is 23.7 Å². The molecule has 142 valence electrons. The zero-order chi connectivity index (χ0) is 19.8. The van der Waals surface area contributed by atoms with Gasteiger partial charge in [0.25, 0.3) is 5.91 Å². The minimum atomic E-state index is -0.835. The maximum absolute atomic E-state index is 14.3. The SMILES string of the molecule is O=C1CCc2cc(NC(=O)c3ccn(-c4ccc(F)cc4F)n3)c(F)cc2N1. The first-order valence-electron chi connectivity index (χ1n) is 8.35. The van der Waals surface area contributed by atoms with Crippen molar-refractivity contribution in [2.45, 2.75) is 12.8 Å². The van der Waals surface area contributed by atoms with Crippen LogP contribution < -0.4 is 10.6 Å². The summed E-state index contributed by atoms with van der Waals surface area (Å²) in [5.74, 6) is -3.16. The smallest absolute Gasteiger partial charge is 0.276 e. The Kier molecular flexibility index (Phi) is 4.34. The van der Waals surface area contributed by atoms with E-state index in [9.17, 15) is 22.8 Å². The summed E-state index contributed by atoms with van der Waals surface area (Å²) in [5.41, 5.74) is 0.922. The topological polar surface area (TPSA) is 76.0 Å². The van der Waals surface area contributed by atoms with Crippen LogP contribution in [0.2, 0.25) is 0 Å². The Labute approximate surface area is 157 Å². The van der Waals surface area contributed by atoms with Gasteiger partial charge in [-0.15, -0.1) is 0 Å². The van der Waals surface area contributed by atoms with Gasteiger partial charge in [-0.2, -0.15) is 5.10 Å². The van der Waals surface area contributed by atoms with Crippen LogP contribution in [0.4, 0.5) is 24.5 Å². The molecule has 1 aliphatic heterocycles. The monoisotopic (exact) mass is 386 g/mol. The van der Waals surface area contributed by atoms with Crippen molar-refractivity contribution in [3.8, 4) is 5.69 Å². The summed E-state index contributed by atoms with van der Waals surface area (Å²) in [4.78, 5) is 23.8. The third-order valence-corrected chi connectivity index (χ3v) is 4.31. The molecule has 0 fully saturated rings. The number of halogens is 3. The van der Waals surface area contributed by atoms with Crippen molar-refractivity contribution in [3.63, 3.8) is 0 Å². The molecule has 6 nitrogen and oxygen atoms in total. The lowest BCUT2D eigenvalue weighted by Gasteiger charge is -2.18. The number of carbonyl (C=O) groups excluding carboxylic acids is 2. The highest BCUT2D eigenvalue weighted by molar-refractivity contribution is 6.03. The van der Waals surface area contributed by atoms with E-state index in [1.54, 1.807) is 0 Å².